The molecule has 0 saturated carbocycles. The first-order valence-corrected chi connectivity index (χ1v) is 10.1. The lowest BCUT2D eigenvalue weighted by Crippen LogP contribution is -2.37. The van der Waals surface area contributed by atoms with E-state index < -0.39 is 10.0 Å². The first kappa shape index (κ1) is 19.0. The molecular formula is C16H23ClN2O4S. The summed E-state index contributed by atoms with van der Waals surface area (Å²) in [6, 6.07) is 5.00. The van der Waals surface area contributed by atoms with Gasteiger partial charge in [0, 0.05) is 31.1 Å². The largest absolute Gasteiger partial charge is 0.376 e. The third-order valence-corrected chi connectivity index (χ3v) is 5.34. The van der Waals surface area contributed by atoms with Gasteiger partial charge in [0.15, 0.2) is 0 Å². The number of sulfonamides is 1. The van der Waals surface area contributed by atoms with Crippen molar-refractivity contribution in [1.29, 1.82) is 0 Å². The number of nitrogens with one attached hydrogen (secondary N) is 1. The number of aryl methyl sites for hydroxylation is 1. The standard InChI is InChI=1S/C16H23ClN2O4S/c1-12-10-13(17)5-6-15(12)19(24(2,21)22)8-7-16(20)18-11-14-4-3-9-23-14/h5-6,10,14H,3-4,7-9,11H2,1-2H3,(H,18,20). The summed E-state index contributed by atoms with van der Waals surface area (Å²) in [6.45, 7) is 3.07. The molecule has 0 aromatic heterocycles. The van der Waals surface area contributed by atoms with Crippen LogP contribution in [0.3, 0.4) is 0 Å². The number of carbonyl (C=O) groups excluding carboxylic acids is 1. The normalized spacial score (nSPS) is 17.7. The molecule has 0 spiro atoms. The minimum Gasteiger partial charge on any atom is -0.376 e. The molecule has 1 aliphatic heterocycles. The molecule has 1 saturated heterocycles. The van der Waals surface area contributed by atoms with Crippen molar-refractivity contribution < 1.29 is 17.9 Å². The van der Waals surface area contributed by atoms with E-state index in [0.29, 0.717) is 17.3 Å². The molecule has 1 N–H and O–H groups in total. The number of benzene rings is 1. The van der Waals surface area contributed by atoms with E-state index in [-0.39, 0.29) is 25.0 Å². The molecule has 8 heteroatoms. The SMILES string of the molecule is Cc1cc(Cl)ccc1N(CCC(=O)NCC1CCCO1)S(C)(=O)=O. The maximum atomic E-state index is 12.1. The Morgan fingerprint density at radius 3 is 2.79 bits per heavy atom. The van der Waals surface area contributed by atoms with Crippen molar-refractivity contribution in [2.24, 2.45) is 0 Å². The average molecular weight is 375 g/mol. The Hall–Kier alpha value is -1.31. The summed E-state index contributed by atoms with van der Waals surface area (Å²) < 4.78 is 30.9. The van der Waals surface area contributed by atoms with Crippen molar-refractivity contribution in [3.63, 3.8) is 0 Å². The average Bonchev–Trinajstić information content (AvgIpc) is 2.99. The van der Waals surface area contributed by atoms with E-state index >= 15 is 0 Å². The van der Waals surface area contributed by atoms with Crippen LogP contribution < -0.4 is 9.62 Å². The van der Waals surface area contributed by atoms with Crippen molar-refractivity contribution in [3.05, 3.63) is 28.8 Å². The van der Waals surface area contributed by atoms with Crippen LogP contribution >= 0.6 is 11.6 Å². The zero-order valence-electron chi connectivity index (χ0n) is 13.9. The number of nitrogens with zero attached hydrogens (tertiary/aromatic N) is 1. The third kappa shape index (κ3) is 5.36. The van der Waals surface area contributed by atoms with E-state index in [1.165, 1.54) is 4.31 Å². The van der Waals surface area contributed by atoms with Gasteiger partial charge >= 0.3 is 0 Å². The van der Waals surface area contributed by atoms with Crippen molar-refractivity contribution >= 4 is 33.2 Å². The first-order valence-electron chi connectivity index (χ1n) is 7.89. The zero-order chi connectivity index (χ0) is 17.7. The number of hydrogen-bond acceptors (Lipinski definition) is 4. The highest BCUT2D eigenvalue weighted by Gasteiger charge is 2.21. The monoisotopic (exact) mass is 374 g/mol. The van der Waals surface area contributed by atoms with Crippen LogP contribution in [0.1, 0.15) is 24.8 Å². The van der Waals surface area contributed by atoms with Crippen LogP contribution in [0.5, 0.6) is 0 Å². The molecule has 134 valence electrons. The second kappa shape index (κ2) is 8.18. The Labute approximate surface area is 148 Å². The Morgan fingerprint density at radius 1 is 1.46 bits per heavy atom. The van der Waals surface area contributed by atoms with Crippen molar-refractivity contribution in [3.8, 4) is 0 Å². The smallest absolute Gasteiger partial charge is 0.232 e. The number of carbonyl (C=O) groups is 1. The predicted octanol–water partition coefficient (Wildman–Crippen LogP) is 2.10. The molecule has 1 aromatic carbocycles. The molecule has 1 unspecified atom stereocenters. The van der Waals surface area contributed by atoms with Gasteiger partial charge in [-0.05, 0) is 43.5 Å². The maximum absolute atomic E-state index is 12.1. The Kier molecular flexibility index (Phi) is 6.48. The van der Waals surface area contributed by atoms with Gasteiger partial charge in [-0.2, -0.15) is 0 Å². The number of hydrogen-bond donors (Lipinski definition) is 1. The molecule has 24 heavy (non-hydrogen) atoms. The highest BCUT2D eigenvalue weighted by Crippen LogP contribution is 2.25. The van der Waals surface area contributed by atoms with Gasteiger partial charge in [-0.15, -0.1) is 0 Å². The molecule has 0 aliphatic carbocycles. The molecule has 2 rings (SSSR count). The fourth-order valence-corrected chi connectivity index (χ4v) is 3.90. The molecule has 0 bridgehead atoms. The van der Waals surface area contributed by atoms with Gasteiger partial charge in [0.1, 0.15) is 0 Å². The Morgan fingerprint density at radius 2 is 2.21 bits per heavy atom. The summed E-state index contributed by atoms with van der Waals surface area (Å²) in [5, 5.41) is 3.34. The zero-order valence-corrected chi connectivity index (χ0v) is 15.5. The van der Waals surface area contributed by atoms with Gasteiger partial charge < -0.3 is 10.1 Å². The van der Waals surface area contributed by atoms with Crippen LogP contribution in [0, 0.1) is 6.92 Å². The van der Waals surface area contributed by atoms with E-state index in [1.807, 2.05) is 0 Å². The summed E-state index contributed by atoms with van der Waals surface area (Å²) in [5.74, 6) is -0.189. The number of amides is 1. The Balaban J connectivity index is 1.97. The molecule has 1 amide bonds. The summed E-state index contributed by atoms with van der Waals surface area (Å²) >= 11 is 5.92. The van der Waals surface area contributed by atoms with Crippen LogP contribution in [-0.4, -0.2) is 46.4 Å². The number of anilines is 1. The van der Waals surface area contributed by atoms with Gasteiger partial charge in [-0.25, -0.2) is 8.42 Å². The fraction of sp³-hybridized carbons (Fsp3) is 0.562. The summed E-state index contributed by atoms with van der Waals surface area (Å²) in [6.07, 6.45) is 3.24. The van der Waals surface area contributed by atoms with E-state index in [1.54, 1.807) is 25.1 Å². The minimum atomic E-state index is -3.49. The molecule has 1 aromatic rings. The van der Waals surface area contributed by atoms with Gasteiger partial charge in [0.25, 0.3) is 0 Å². The topological polar surface area (TPSA) is 75.7 Å². The van der Waals surface area contributed by atoms with E-state index in [0.717, 1.165) is 31.3 Å². The predicted molar refractivity (Wildman–Crippen MR) is 95.0 cm³/mol. The van der Waals surface area contributed by atoms with Gasteiger partial charge in [-0.1, -0.05) is 11.6 Å². The van der Waals surface area contributed by atoms with Crippen molar-refractivity contribution in [1.82, 2.24) is 5.32 Å². The lowest BCUT2D eigenvalue weighted by Gasteiger charge is -2.24. The molecule has 1 atom stereocenters. The minimum absolute atomic E-state index is 0.0680. The van der Waals surface area contributed by atoms with Gasteiger partial charge in [-0.3, -0.25) is 9.10 Å². The molecule has 0 radical (unpaired) electrons. The van der Waals surface area contributed by atoms with Crippen LogP contribution in [0.2, 0.25) is 5.02 Å². The number of halogens is 1. The maximum Gasteiger partial charge on any atom is 0.232 e. The van der Waals surface area contributed by atoms with Gasteiger partial charge in [0.05, 0.1) is 18.0 Å². The fourth-order valence-electron chi connectivity index (χ4n) is 2.69. The molecule has 1 heterocycles. The molecule has 1 fully saturated rings. The lowest BCUT2D eigenvalue weighted by molar-refractivity contribution is -0.121. The van der Waals surface area contributed by atoms with E-state index in [4.69, 9.17) is 16.3 Å². The molecular weight excluding hydrogens is 352 g/mol. The molecule has 1 aliphatic rings. The van der Waals surface area contributed by atoms with Crippen LogP contribution in [0.25, 0.3) is 0 Å². The van der Waals surface area contributed by atoms with Gasteiger partial charge in [0.2, 0.25) is 15.9 Å². The summed E-state index contributed by atoms with van der Waals surface area (Å²) in [7, 11) is -3.49. The Bertz CT molecular complexity index is 687. The first-order chi connectivity index (χ1) is 11.3. The van der Waals surface area contributed by atoms with Crippen molar-refractivity contribution in [2.75, 3.05) is 30.3 Å². The second-order valence-corrected chi connectivity index (χ2v) is 8.30. The number of ether oxygens (including phenoxy) is 1. The highest BCUT2D eigenvalue weighted by molar-refractivity contribution is 7.92. The molecule has 6 nitrogen and oxygen atoms in total. The highest BCUT2D eigenvalue weighted by atomic mass is 35.5. The lowest BCUT2D eigenvalue weighted by atomic mass is 10.2. The third-order valence-electron chi connectivity index (χ3n) is 3.92. The second-order valence-electron chi connectivity index (χ2n) is 5.96. The van der Waals surface area contributed by atoms with Crippen LogP contribution in [-0.2, 0) is 19.6 Å². The quantitative estimate of drug-likeness (QED) is 0.793. The number of rotatable bonds is 7. The van der Waals surface area contributed by atoms with Crippen LogP contribution in [0.4, 0.5) is 5.69 Å². The van der Waals surface area contributed by atoms with E-state index in [9.17, 15) is 13.2 Å². The van der Waals surface area contributed by atoms with E-state index in [2.05, 4.69) is 5.32 Å². The summed E-state index contributed by atoms with van der Waals surface area (Å²) in [4.78, 5) is 12.0. The van der Waals surface area contributed by atoms with Crippen LogP contribution in [0.15, 0.2) is 18.2 Å². The summed E-state index contributed by atoms with van der Waals surface area (Å²) in [5.41, 5.74) is 1.28. The van der Waals surface area contributed by atoms with Crippen molar-refractivity contribution in [2.45, 2.75) is 32.3 Å².